The molecule has 1 aliphatic rings. The quantitative estimate of drug-likeness (QED) is 0.829. The molecule has 0 spiro atoms. The summed E-state index contributed by atoms with van der Waals surface area (Å²) < 4.78 is 23.3. The molecule has 1 aromatic carbocycles. The Morgan fingerprint density at radius 3 is 2.58 bits per heavy atom. The molecule has 2 rings (SSSR count). The number of amides is 3. The molecule has 1 saturated heterocycles. The molecule has 1 N–H and O–H groups in total. The van der Waals surface area contributed by atoms with E-state index < -0.39 is 0 Å². The predicted molar refractivity (Wildman–Crippen MR) is 85.5 cm³/mol. The fourth-order valence-corrected chi connectivity index (χ4v) is 2.30. The van der Waals surface area contributed by atoms with Crippen molar-refractivity contribution in [1.29, 1.82) is 0 Å². The van der Waals surface area contributed by atoms with Crippen LogP contribution >= 0.6 is 0 Å². The molecule has 0 bridgehead atoms. The Morgan fingerprint density at radius 1 is 1.21 bits per heavy atom. The minimum Gasteiger partial charge on any atom is -0.492 e. The number of nitrogens with zero attached hydrogens (tertiary/aromatic N) is 2. The second-order valence-electron chi connectivity index (χ2n) is 5.21. The zero-order valence-electron chi connectivity index (χ0n) is 13.7. The second kappa shape index (κ2) is 8.95. The Balaban J connectivity index is 1.64. The smallest absolute Gasteiger partial charge is 0.409 e. The number of carbonyl (C=O) groups is 2. The third kappa shape index (κ3) is 5.29. The van der Waals surface area contributed by atoms with Gasteiger partial charge in [0.2, 0.25) is 0 Å². The molecule has 1 fully saturated rings. The number of benzene rings is 1. The highest BCUT2D eigenvalue weighted by Crippen LogP contribution is 2.11. The number of piperazine rings is 1. The van der Waals surface area contributed by atoms with Gasteiger partial charge in [0.25, 0.3) is 0 Å². The fourth-order valence-electron chi connectivity index (χ4n) is 2.30. The largest absolute Gasteiger partial charge is 0.492 e. The van der Waals surface area contributed by atoms with Crippen molar-refractivity contribution >= 4 is 12.1 Å². The minimum absolute atomic E-state index is 0.207. The van der Waals surface area contributed by atoms with Crippen LogP contribution in [0.2, 0.25) is 0 Å². The van der Waals surface area contributed by atoms with Gasteiger partial charge < -0.3 is 24.6 Å². The molecule has 0 aliphatic carbocycles. The van der Waals surface area contributed by atoms with Crippen LogP contribution < -0.4 is 10.1 Å². The summed E-state index contributed by atoms with van der Waals surface area (Å²) in [4.78, 5) is 26.8. The second-order valence-corrected chi connectivity index (χ2v) is 5.21. The Bertz CT molecular complexity index is 562. The van der Waals surface area contributed by atoms with Crippen LogP contribution in [-0.4, -0.2) is 67.9 Å². The van der Waals surface area contributed by atoms with E-state index in [4.69, 9.17) is 9.47 Å². The molecule has 7 nitrogen and oxygen atoms in total. The predicted octanol–water partition coefficient (Wildman–Crippen LogP) is 1.69. The first-order valence-corrected chi connectivity index (χ1v) is 7.93. The van der Waals surface area contributed by atoms with Gasteiger partial charge in [-0.05, 0) is 19.1 Å². The summed E-state index contributed by atoms with van der Waals surface area (Å²) in [6.45, 7) is 4.46. The van der Waals surface area contributed by atoms with E-state index in [1.54, 1.807) is 28.9 Å². The number of carbonyl (C=O) groups excluding carboxylic acids is 2. The van der Waals surface area contributed by atoms with E-state index in [1.807, 2.05) is 0 Å². The standard InChI is InChI=1S/C16H22FN3O4/c1-2-23-16(22)20-9-7-19(8-10-20)15(21)18-6-11-24-14-5-3-4-13(17)12-14/h3-5,12H,2,6-11H2,1H3,(H,18,21). The first-order valence-electron chi connectivity index (χ1n) is 7.93. The lowest BCUT2D eigenvalue weighted by atomic mass is 10.3. The minimum atomic E-state index is -0.365. The molecule has 1 aromatic rings. The number of hydrogen-bond acceptors (Lipinski definition) is 4. The van der Waals surface area contributed by atoms with E-state index >= 15 is 0 Å². The van der Waals surface area contributed by atoms with Crippen LogP contribution in [0.1, 0.15) is 6.92 Å². The third-order valence-electron chi connectivity index (χ3n) is 3.54. The van der Waals surface area contributed by atoms with Gasteiger partial charge in [-0.3, -0.25) is 0 Å². The van der Waals surface area contributed by atoms with Crippen LogP contribution in [0.3, 0.4) is 0 Å². The average Bonchev–Trinajstić information content (AvgIpc) is 2.59. The van der Waals surface area contributed by atoms with Gasteiger partial charge in [-0.15, -0.1) is 0 Å². The molecule has 0 saturated carbocycles. The van der Waals surface area contributed by atoms with E-state index in [1.165, 1.54) is 12.1 Å². The number of urea groups is 1. The SMILES string of the molecule is CCOC(=O)N1CCN(C(=O)NCCOc2cccc(F)c2)CC1. The number of rotatable bonds is 5. The van der Waals surface area contributed by atoms with Crippen LogP contribution in [0.4, 0.5) is 14.0 Å². The lowest BCUT2D eigenvalue weighted by molar-refractivity contribution is 0.0851. The molecule has 1 heterocycles. The topological polar surface area (TPSA) is 71.1 Å². The van der Waals surface area contributed by atoms with Gasteiger partial charge in [0.15, 0.2) is 0 Å². The number of hydrogen-bond donors (Lipinski definition) is 1. The van der Waals surface area contributed by atoms with Gasteiger partial charge in [-0.1, -0.05) is 6.07 Å². The normalized spacial score (nSPS) is 14.2. The number of ether oxygens (including phenoxy) is 2. The monoisotopic (exact) mass is 339 g/mol. The average molecular weight is 339 g/mol. The number of nitrogens with one attached hydrogen (secondary N) is 1. The van der Waals surface area contributed by atoms with Crippen molar-refractivity contribution in [2.45, 2.75) is 6.92 Å². The zero-order valence-corrected chi connectivity index (χ0v) is 13.7. The molecule has 8 heteroatoms. The highest BCUT2D eigenvalue weighted by atomic mass is 19.1. The maximum absolute atomic E-state index is 13.0. The van der Waals surface area contributed by atoms with Crippen molar-refractivity contribution in [3.63, 3.8) is 0 Å². The van der Waals surface area contributed by atoms with Crippen LogP contribution in [0.15, 0.2) is 24.3 Å². The van der Waals surface area contributed by atoms with Crippen molar-refractivity contribution in [2.24, 2.45) is 0 Å². The molecule has 0 unspecified atom stereocenters. The Labute approximate surface area is 140 Å². The molecule has 0 atom stereocenters. The van der Waals surface area contributed by atoms with Crippen molar-refractivity contribution in [2.75, 3.05) is 45.9 Å². The highest BCUT2D eigenvalue weighted by Gasteiger charge is 2.24. The molecule has 3 amide bonds. The van der Waals surface area contributed by atoms with Crippen LogP contribution in [0.5, 0.6) is 5.75 Å². The lowest BCUT2D eigenvalue weighted by Gasteiger charge is -2.33. The summed E-state index contributed by atoms with van der Waals surface area (Å²) in [5.41, 5.74) is 0. The summed E-state index contributed by atoms with van der Waals surface area (Å²) >= 11 is 0. The summed E-state index contributed by atoms with van der Waals surface area (Å²) in [5.74, 6) is 0.0586. The molecule has 1 aliphatic heterocycles. The molecule has 132 valence electrons. The van der Waals surface area contributed by atoms with Gasteiger partial charge in [0.1, 0.15) is 18.2 Å². The molecular weight excluding hydrogens is 317 g/mol. The van der Waals surface area contributed by atoms with Gasteiger partial charge >= 0.3 is 12.1 Å². The van der Waals surface area contributed by atoms with E-state index in [0.717, 1.165) is 0 Å². The number of halogens is 1. The van der Waals surface area contributed by atoms with Gasteiger partial charge in [0, 0.05) is 32.2 Å². The van der Waals surface area contributed by atoms with Gasteiger partial charge in [-0.25, -0.2) is 14.0 Å². The zero-order chi connectivity index (χ0) is 17.4. The molecule has 24 heavy (non-hydrogen) atoms. The van der Waals surface area contributed by atoms with Crippen molar-refractivity contribution in [3.05, 3.63) is 30.1 Å². The van der Waals surface area contributed by atoms with Gasteiger partial charge in [-0.2, -0.15) is 0 Å². The first-order chi connectivity index (χ1) is 11.6. The van der Waals surface area contributed by atoms with Crippen molar-refractivity contribution < 1.29 is 23.5 Å². The van der Waals surface area contributed by atoms with Crippen molar-refractivity contribution in [1.82, 2.24) is 15.1 Å². The maximum Gasteiger partial charge on any atom is 0.409 e. The summed E-state index contributed by atoms with van der Waals surface area (Å²) in [5, 5.41) is 2.74. The van der Waals surface area contributed by atoms with E-state index in [-0.39, 0.29) is 24.5 Å². The highest BCUT2D eigenvalue weighted by molar-refractivity contribution is 5.75. The van der Waals surface area contributed by atoms with Crippen LogP contribution in [0.25, 0.3) is 0 Å². The maximum atomic E-state index is 13.0. The Kier molecular flexibility index (Phi) is 6.65. The molecule has 0 aromatic heterocycles. The lowest BCUT2D eigenvalue weighted by Crippen LogP contribution is -2.53. The third-order valence-corrected chi connectivity index (χ3v) is 3.54. The summed E-state index contributed by atoms with van der Waals surface area (Å²) in [6, 6.07) is 5.63. The van der Waals surface area contributed by atoms with Gasteiger partial charge in [0.05, 0.1) is 13.2 Å². The first kappa shape index (κ1) is 17.8. The van der Waals surface area contributed by atoms with Crippen molar-refractivity contribution in [3.8, 4) is 5.75 Å². The Morgan fingerprint density at radius 2 is 1.92 bits per heavy atom. The Hall–Kier alpha value is -2.51. The van der Waals surface area contributed by atoms with Crippen LogP contribution in [-0.2, 0) is 4.74 Å². The fraction of sp³-hybridized carbons (Fsp3) is 0.500. The summed E-state index contributed by atoms with van der Waals surface area (Å²) in [7, 11) is 0. The van der Waals surface area contributed by atoms with E-state index in [0.29, 0.717) is 45.1 Å². The molecule has 0 radical (unpaired) electrons. The molecular formula is C16H22FN3O4. The van der Waals surface area contributed by atoms with E-state index in [2.05, 4.69) is 5.32 Å². The van der Waals surface area contributed by atoms with E-state index in [9.17, 15) is 14.0 Å². The van der Waals surface area contributed by atoms with Crippen LogP contribution in [0, 0.1) is 5.82 Å². The summed E-state index contributed by atoms with van der Waals surface area (Å²) in [6.07, 6.45) is -0.346.